The van der Waals surface area contributed by atoms with Crippen LogP contribution in [0.2, 0.25) is 0 Å². The third kappa shape index (κ3) is 4.37. The number of benzene rings is 1. The van der Waals surface area contributed by atoms with Crippen LogP contribution in [0.25, 0.3) is 0 Å². The summed E-state index contributed by atoms with van der Waals surface area (Å²) < 4.78 is 0. The highest BCUT2D eigenvalue weighted by Gasteiger charge is 2.27. The van der Waals surface area contributed by atoms with Crippen LogP contribution in [0.5, 0.6) is 0 Å². The summed E-state index contributed by atoms with van der Waals surface area (Å²) in [7, 11) is 0. The van der Waals surface area contributed by atoms with Crippen molar-refractivity contribution in [3.05, 3.63) is 34.4 Å². The van der Waals surface area contributed by atoms with Crippen molar-refractivity contribution in [2.45, 2.75) is 100 Å². The molecule has 0 saturated carbocycles. The van der Waals surface area contributed by atoms with Crippen LogP contribution in [0.1, 0.15) is 96.9 Å². The average molecular weight is 305 g/mol. The molecule has 0 fully saturated rings. The third-order valence-corrected chi connectivity index (χ3v) is 6.19. The molecule has 1 aromatic carbocycles. The predicted octanol–water partition coefficient (Wildman–Crippen LogP) is 7.39. The molecule has 128 valence electrons. The topological polar surface area (TPSA) is 0 Å². The Morgan fingerprint density at radius 1 is 0.818 bits per heavy atom. The lowest BCUT2D eigenvalue weighted by atomic mass is 9.72. The molecule has 0 bridgehead atoms. The van der Waals surface area contributed by atoms with Gasteiger partial charge in [0.1, 0.15) is 0 Å². The summed E-state index contributed by atoms with van der Waals surface area (Å²) in [6, 6.07) is 4.86. The van der Waals surface area contributed by atoms with Gasteiger partial charge in [-0.05, 0) is 60.6 Å². The van der Waals surface area contributed by atoms with Crippen molar-refractivity contribution in [1.29, 1.82) is 0 Å². The summed E-state index contributed by atoms with van der Waals surface area (Å²) >= 11 is 0. The van der Waals surface area contributed by atoms with Gasteiger partial charge in [-0.15, -0.1) is 0 Å². The maximum absolute atomic E-state index is 2.44. The molecular formula is C22H40. The second kappa shape index (κ2) is 8.18. The summed E-state index contributed by atoms with van der Waals surface area (Å²) in [6.07, 6.45) is 6.15. The molecule has 0 unspecified atom stereocenters. The lowest BCUT2D eigenvalue weighted by molar-refractivity contribution is 0.295. The fourth-order valence-electron chi connectivity index (χ4n) is 3.33. The van der Waals surface area contributed by atoms with Crippen molar-refractivity contribution in [2.24, 2.45) is 5.41 Å². The van der Waals surface area contributed by atoms with E-state index in [1.807, 2.05) is 0 Å². The minimum Gasteiger partial charge on any atom is -0.0776 e. The Labute approximate surface area is 140 Å². The molecule has 0 amide bonds. The van der Waals surface area contributed by atoms with Gasteiger partial charge in [0.15, 0.2) is 0 Å². The van der Waals surface area contributed by atoms with Gasteiger partial charge in [0.25, 0.3) is 0 Å². The number of hydrogen-bond donors (Lipinski definition) is 0. The Morgan fingerprint density at radius 3 is 1.73 bits per heavy atom. The highest BCUT2D eigenvalue weighted by atomic mass is 14.3. The van der Waals surface area contributed by atoms with Crippen molar-refractivity contribution in [3.63, 3.8) is 0 Å². The standard InChI is InChI=1S/C21H36.CH4/c1-9-20(7,10-2)15-18-13-16(5)14-19(17(18)6)21(8,11-3)12-4;/h13-14H,9-12,15H2,1-8H3;1H4. The van der Waals surface area contributed by atoms with Crippen molar-refractivity contribution in [1.82, 2.24) is 0 Å². The van der Waals surface area contributed by atoms with Gasteiger partial charge in [0.2, 0.25) is 0 Å². The first-order chi connectivity index (χ1) is 9.75. The van der Waals surface area contributed by atoms with E-state index in [1.54, 1.807) is 16.7 Å². The zero-order chi connectivity index (χ0) is 16.3. The van der Waals surface area contributed by atoms with Crippen LogP contribution in [0.4, 0.5) is 0 Å². The Morgan fingerprint density at radius 2 is 1.32 bits per heavy atom. The summed E-state index contributed by atoms with van der Waals surface area (Å²) in [6.45, 7) is 18.8. The van der Waals surface area contributed by atoms with E-state index in [-0.39, 0.29) is 7.43 Å². The van der Waals surface area contributed by atoms with Crippen LogP contribution >= 0.6 is 0 Å². The Kier molecular flexibility index (Phi) is 7.89. The van der Waals surface area contributed by atoms with E-state index in [4.69, 9.17) is 0 Å². The molecule has 0 aliphatic heterocycles. The van der Waals surface area contributed by atoms with E-state index in [0.29, 0.717) is 10.8 Å². The fourth-order valence-corrected chi connectivity index (χ4v) is 3.33. The highest BCUT2D eigenvalue weighted by molar-refractivity contribution is 5.42. The number of rotatable bonds is 7. The quantitative estimate of drug-likeness (QED) is 0.492. The Balaban J connectivity index is 0.00000441. The molecule has 22 heavy (non-hydrogen) atoms. The minimum absolute atomic E-state index is 0. The van der Waals surface area contributed by atoms with Gasteiger partial charge in [0.05, 0.1) is 0 Å². The van der Waals surface area contributed by atoms with Gasteiger partial charge in [-0.25, -0.2) is 0 Å². The van der Waals surface area contributed by atoms with Crippen LogP contribution in [0.15, 0.2) is 12.1 Å². The lowest BCUT2D eigenvalue weighted by Gasteiger charge is -2.33. The molecule has 0 heteroatoms. The first-order valence-corrected chi connectivity index (χ1v) is 8.85. The molecule has 0 aromatic heterocycles. The van der Waals surface area contributed by atoms with Crippen molar-refractivity contribution >= 4 is 0 Å². The van der Waals surface area contributed by atoms with Gasteiger partial charge in [0, 0.05) is 0 Å². The van der Waals surface area contributed by atoms with Crippen LogP contribution < -0.4 is 0 Å². The van der Waals surface area contributed by atoms with E-state index in [2.05, 4.69) is 67.5 Å². The first kappa shape index (κ1) is 21.2. The predicted molar refractivity (Wildman–Crippen MR) is 103 cm³/mol. The van der Waals surface area contributed by atoms with Gasteiger partial charge in [-0.1, -0.05) is 79.5 Å². The monoisotopic (exact) mass is 304 g/mol. The zero-order valence-electron chi connectivity index (χ0n) is 15.7. The lowest BCUT2D eigenvalue weighted by Crippen LogP contribution is -2.23. The SMILES string of the molecule is C.CCC(C)(CC)Cc1cc(C)cc(C(C)(CC)CC)c1C. The molecule has 1 rings (SSSR count). The average Bonchev–Trinajstić information content (AvgIpc) is 2.49. The summed E-state index contributed by atoms with van der Waals surface area (Å²) in [5, 5.41) is 0. The van der Waals surface area contributed by atoms with Gasteiger partial charge < -0.3 is 0 Å². The number of aryl methyl sites for hydroxylation is 1. The van der Waals surface area contributed by atoms with Crippen LogP contribution in [0, 0.1) is 19.3 Å². The molecule has 0 N–H and O–H groups in total. The smallest absolute Gasteiger partial charge is 0.00777 e. The summed E-state index contributed by atoms with van der Waals surface area (Å²) in [5.74, 6) is 0. The molecule has 1 aromatic rings. The molecule has 0 radical (unpaired) electrons. The largest absolute Gasteiger partial charge is 0.0776 e. The first-order valence-electron chi connectivity index (χ1n) is 8.85. The maximum Gasteiger partial charge on any atom is -0.00777 e. The summed E-state index contributed by atoms with van der Waals surface area (Å²) in [5.41, 5.74) is 6.87. The fraction of sp³-hybridized carbons (Fsp3) is 0.727. The zero-order valence-corrected chi connectivity index (χ0v) is 15.7. The van der Waals surface area contributed by atoms with E-state index >= 15 is 0 Å². The maximum atomic E-state index is 2.44. The molecular weight excluding hydrogens is 264 g/mol. The van der Waals surface area contributed by atoms with E-state index < -0.39 is 0 Å². The second-order valence-electron chi connectivity index (χ2n) is 7.56. The normalized spacial score (nSPS) is 12.2. The van der Waals surface area contributed by atoms with Gasteiger partial charge in [-0.2, -0.15) is 0 Å². The van der Waals surface area contributed by atoms with E-state index in [1.165, 1.54) is 37.7 Å². The van der Waals surface area contributed by atoms with Crippen molar-refractivity contribution in [3.8, 4) is 0 Å². The van der Waals surface area contributed by atoms with E-state index in [0.717, 1.165) is 0 Å². The molecule has 0 atom stereocenters. The molecule has 0 nitrogen and oxygen atoms in total. The molecule has 0 saturated heterocycles. The molecule has 0 heterocycles. The summed E-state index contributed by atoms with van der Waals surface area (Å²) in [4.78, 5) is 0. The van der Waals surface area contributed by atoms with Crippen LogP contribution in [-0.4, -0.2) is 0 Å². The second-order valence-corrected chi connectivity index (χ2v) is 7.56. The minimum atomic E-state index is 0. The Bertz CT molecular complexity index is 459. The molecule has 0 spiro atoms. The molecule has 0 aliphatic rings. The van der Waals surface area contributed by atoms with Gasteiger partial charge >= 0.3 is 0 Å². The van der Waals surface area contributed by atoms with Crippen molar-refractivity contribution in [2.75, 3.05) is 0 Å². The third-order valence-electron chi connectivity index (χ3n) is 6.19. The highest BCUT2D eigenvalue weighted by Crippen LogP contribution is 2.38. The van der Waals surface area contributed by atoms with Crippen molar-refractivity contribution < 1.29 is 0 Å². The van der Waals surface area contributed by atoms with Gasteiger partial charge in [-0.3, -0.25) is 0 Å². The number of hydrogen-bond acceptors (Lipinski definition) is 0. The molecule has 0 aliphatic carbocycles. The van der Waals surface area contributed by atoms with E-state index in [9.17, 15) is 0 Å². The Hall–Kier alpha value is -0.780. The van der Waals surface area contributed by atoms with Crippen LogP contribution in [-0.2, 0) is 11.8 Å². The van der Waals surface area contributed by atoms with Crippen LogP contribution in [0.3, 0.4) is 0 Å².